The molecule has 9 aromatic rings. The van der Waals surface area contributed by atoms with Crippen molar-refractivity contribution in [1.82, 2.24) is 15.0 Å². The van der Waals surface area contributed by atoms with Crippen molar-refractivity contribution in [2.24, 2.45) is 0 Å². The van der Waals surface area contributed by atoms with E-state index in [4.69, 9.17) is 23.8 Å². The first-order chi connectivity index (χ1) is 23.8. The largest absolute Gasteiger partial charge is 0.456 e. The molecule has 10 rings (SSSR count). The van der Waals surface area contributed by atoms with E-state index in [-0.39, 0.29) is 5.92 Å². The highest BCUT2D eigenvalue weighted by molar-refractivity contribution is 6.10. The number of para-hydroxylation sites is 2. The molecule has 3 aromatic heterocycles. The van der Waals surface area contributed by atoms with Gasteiger partial charge in [0.2, 0.25) is 0 Å². The normalized spacial score (nSPS) is 14.5. The van der Waals surface area contributed by atoms with Crippen LogP contribution in [0.4, 0.5) is 0 Å². The number of aromatic nitrogens is 3. The minimum atomic E-state index is -0.0778. The Labute approximate surface area is 275 Å². The molecule has 0 fully saturated rings. The third kappa shape index (κ3) is 4.28. The van der Waals surface area contributed by atoms with Crippen molar-refractivity contribution in [2.75, 3.05) is 0 Å². The molecule has 0 N–H and O–H groups in total. The summed E-state index contributed by atoms with van der Waals surface area (Å²) in [4.78, 5) is 15.4. The maximum Gasteiger partial charge on any atom is 0.163 e. The van der Waals surface area contributed by atoms with Gasteiger partial charge in [0.05, 0.1) is 0 Å². The molecule has 0 aliphatic heterocycles. The van der Waals surface area contributed by atoms with Crippen molar-refractivity contribution >= 4 is 55.5 Å². The quantitative estimate of drug-likeness (QED) is 0.197. The summed E-state index contributed by atoms with van der Waals surface area (Å²) in [5.41, 5.74) is 7.80. The predicted molar refractivity (Wildman–Crippen MR) is 192 cm³/mol. The predicted octanol–water partition coefficient (Wildman–Crippen LogP) is 9.17. The maximum atomic E-state index is 6.30. The Morgan fingerprint density at radius 3 is 2.04 bits per heavy atom. The molecule has 226 valence electrons. The Balaban J connectivity index is 1.17. The van der Waals surface area contributed by atoms with Crippen LogP contribution in [0.25, 0.3) is 78.3 Å². The number of fused-ring (bicyclic) bond motifs is 7. The minimum absolute atomic E-state index is 0.0778. The number of hydrogen-bond acceptors (Lipinski definition) is 5. The van der Waals surface area contributed by atoms with Crippen LogP contribution in [-0.4, -0.2) is 15.0 Å². The van der Waals surface area contributed by atoms with Gasteiger partial charge >= 0.3 is 0 Å². The van der Waals surface area contributed by atoms with Gasteiger partial charge in [0, 0.05) is 38.6 Å². The van der Waals surface area contributed by atoms with E-state index >= 15 is 0 Å². The second kappa shape index (κ2) is 10.6. The summed E-state index contributed by atoms with van der Waals surface area (Å²) in [6.07, 6.45) is 3.05. The van der Waals surface area contributed by atoms with E-state index in [1.54, 1.807) is 0 Å². The van der Waals surface area contributed by atoms with E-state index in [1.807, 2.05) is 60.7 Å². The van der Waals surface area contributed by atoms with Gasteiger partial charge in [-0.1, -0.05) is 109 Å². The van der Waals surface area contributed by atoms with Crippen molar-refractivity contribution in [1.29, 1.82) is 0 Å². The summed E-state index contributed by atoms with van der Waals surface area (Å²) >= 11 is 0. The Hall–Kier alpha value is -6.33. The molecule has 0 spiro atoms. The van der Waals surface area contributed by atoms with E-state index in [9.17, 15) is 0 Å². The summed E-state index contributed by atoms with van der Waals surface area (Å²) in [6.45, 7) is 0. The fourth-order valence-corrected chi connectivity index (χ4v) is 7.24. The average molecular weight is 618 g/mol. The van der Waals surface area contributed by atoms with E-state index < -0.39 is 0 Å². The van der Waals surface area contributed by atoms with Crippen LogP contribution >= 0.6 is 0 Å². The zero-order chi connectivity index (χ0) is 31.6. The maximum absolute atomic E-state index is 6.30. The Bertz CT molecular complexity index is 2830. The molecule has 1 unspecified atom stereocenters. The van der Waals surface area contributed by atoms with Gasteiger partial charge in [0.1, 0.15) is 28.2 Å². The summed E-state index contributed by atoms with van der Waals surface area (Å²) < 4.78 is 12.4. The standard InChI is InChI=1S/C43H27N3O2/c1-2-11-26(12-3-1)41-44-42(28-21-22-38-35(24-28)31-15-6-8-18-36(31)47-38)46-43(45-41)29-23-27-13-4-5-14-30(27)34(25-29)32-17-10-20-39-40(32)33-16-7-9-19-37(33)48-39/h1-24,29H,25H2. The number of furan rings is 2. The second-order valence-electron chi connectivity index (χ2n) is 12.3. The Morgan fingerprint density at radius 1 is 0.500 bits per heavy atom. The monoisotopic (exact) mass is 617 g/mol. The van der Waals surface area contributed by atoms with Crippen LogP contribution in [0.2, 0.25) is 0 Å². The summed E-state index contributed by atoms with van der Waals surface area (Å²) in [5.74, 6) is 1.96. The van der Waals surface area contributed by atoms with Crippen LogP contribution in [0.3, 0.4) is 0 Å². The fourth-order valence-electron chi connectivity index (χ4n) is 7.24. The van der Waals surface area contributed by atoms with Crippen LogP contribution in [-0.2, 0) is 0 Å². The molecule has 0 saturated heterocycles. The molecule has 5 nitrogen and oxygen atoms in total. The van der Waals surface area contributed by atoms with Crippen LogP contribution in [0.5, 0.6) is 0 Å². The van der Waals surface area contributed by atoms with Gasteiger partial charge in [-0.25, -0.2) is 15.0 Å². The van der Waals surface area contributed by atoms with Gasteiger partial charge in [0.25, 0.3) is 0 Å². The Kier molecular flexibility index (Phi) is 5.93. The molecule has 0 radical (unpaired) electrons. The average Bonchev–Trinajstić information content (AvgIpc) is 3.73. The van der Waals surface area contributed by atoms with Crippen molar-refractivity contribution in [3.05, 3.63) is 161 Å². The van der Waals surface area contributed by atoms with E-state index in [1.165, 1.54) is 21.6 Å². The zero-order valence-electron chi connectivity index (χ0n) is 25.8. The van der Waals surface area contributed by atoms with Crippen LogP contribution in [0, 0.1) is 0 Å². The molecular formula is C43H27N3O2. The smallest absolute Gasteiger partial charge is 0.163 e. The molecular weight excluding hydrogens is 590 g/mol. The lowest BCUT2D eigenvalue weighted by molar-refractivity contribution is 0.668. The fraction of sp³-hybridized carbons (Fsp3) is 0.0465. The SMILES string of the molecule is C1=c2ccccc2=C(c2cccc3oc4ccccc4c23)CC1c1nc(-c2ccccc2)nc(-c2ccc3oc4ccccc4c3c2)n1. The summed E-state index contributed by atoms with van der Waals surface area (Å²) in [5, 5.41) is 6.77. The van der Waals surface area contributed by atoms with E-state index in [2.05, 4.69) is 84.9 Å². The first-order valence-corrected chi connectivity index (χ1v) is 16.2. The molecule has 3 heterocycles. The lowest BCUT2D eigenvalue weighted by Gasteiger charge is -2.21. The lowest BCUT2D eigenvalue weighted by atomic mass is 9.85. The van der Waals surface area contributed by atoms with Crippen molar-refractivity contribution in [3.8, 4) is 22.8 Å². The molecule has 1 aliphatic rings. The second-order valence-corrected chi connectivity index (χ2v) is 12.3. The first kappa shape index (κ1) is 26.8. The molecule has 0 saturated carbocycles. The Morgan fingerprint density at radius 2 is 1.17 bits per heavy atom. The number of benzene rings is 6. The minimum Gasteiger partial charge on any atom is -0.456 e. The molecule has 1 atom stereocenters. The lowest BCUT2D eigenvalue weighted by Crippen LogP contribution is -2.32. The highest BCUT2D eigenvalue weighted by Gasteiger charge is 2.24. The molecule has 0 bridgehead atoms. The number of rotatable bonds is 4. The molecule has 5 heteroatoms. The highest BCUT2D eigenvalue weighted by Crippen LogP contribution is 2.38. The number of nitrogens with zero attached hydrogens (tertiary/aromatic N) is 3. The van der Waals surface area contributed by atoms with Crippen molar-refractivity contribution in [3.63, 3.8) is 0 Å². The molecule has 1 aliphatic carbocycles. The van der Waals surface area contributed by atoms with Crippen LogP contribution in [0.15, 0.2) is 148 Å². The third-order valence-corrected chi connectivity index (χ3v) is 9.47. The van der Waals surface area contributed by atoms with Gasteiger partial charge in [0.15, 0.2) is 11.6 Å². The third-order valence-electron chi connectivity index (χ3n) is 9.47. The number of hydrogen-bond donors (Lipinski definition) is 0. The van der Waals surface area contributed by atoms with Gasteiger partial charge in [-0.2, -0.15) is 0 Å². The summed E-state index contributed by atoms with van der Waals surface area (Å²) in [6, 6.07) is 47.8. The van der Waals surface area contributed by atoms with E-state index in [0.29, 0.717) is 11.6 Å². The van der Waals surface area contributed by atoms with Crippen LogP contribution in [0.1, 0.15) is 23.7 Å². The first-order valence-electron chi connectivity index (χ1n) is 16.2. The highest BCUT2D eigenvalue weighted by atomic mass is 16.3. The molecule has 6 aromatic carbocycles. The van der Waals surface area contributed by atoms with Gasteiger partial charge in [-0.15, -0.1) is 0 Å². The van der Waals surface area contributed by atoms with Gasteiger partial charge in [-0.05, 0) is 64.4 Å². The van der Waals surface area contributed by atoms with Crippen LogP contribution < -0.4 is 10.4 Å². The van der Waals surface area contributed by atoms with Gasteiger partial charge in [-0.3, -0.25) is 0 Å². The summed E-state index contributed by atoms with van der Waals surface area (Å²) in [7, 11) is 0. The van der Waals surface area contributed by atoms with Crippen molar-refractivity contribution in [2.45, 2.75) is 12.3 Å². The molecule has 0 amide bonds. The van der Waals surface area contributed by atoms with E-state index in [0.717, 1.165) is 67.2 Å². The topological polar surface area (TPSA) is 65.0 Å². The van der Waals surface area contributed by atoms with Gasteiger partial charge < -0.3 is 8.83 Å². The zero-order valence-corrected chi connectivity index (χ0v) is 25.8. The molecule has 48 heavy (non-hydrogen) atoms. The van der Waals surface area contributed by atoms with Crippen molar-refractivity contribution < 1.29 is 8.83 Å².